The maximum Gasteiger partial charge on any atom is 0.224 e. The number of carbonyl (C=O) groups excluding carboxylic acids is 1. The summed E-state index contributed by atoms with van der Waals surface area (Å²) in [5.41, 5.74) is 2.71. The van der Waals surface area contributed by atoms with E-state index in [0.717, 1.165) is 11.1 Å². The van der Waals surface area contributed by atoms with E-state index in [2.05, 4.69) is 19.2 Å². The second kappa shape index (κ2) is 6.93. The molecule has 0 aliphatic carbocycles. The predicted octanol–water partition coefficient (Wildman–Crippen LogP) is 4.09. The lowest BCUT2D eigenvalue weighted by Gasteiger charge is -2.11. The van der Waals surface area contributed by atoms with Crippen molar-refractivity contribution in [1.82, 2.24) is 0 Å². The molecule has 0 aromatic heterocycles. The first-order valence-corrected chi connectivity index (χ1v) is 7.23. The molecule has 0 spiro atoms. The Morgan fingerprint density at radius 2 is 1.86 bits per heavy atom. The Bertz CT molecular complexity index is 606. The van der Waals surface area contributed by atoms with Gasteiger partial charge >= 0.3 is 0 Å². The van der Waals surface area contributed by atoms with Crippen LogP contribution < -0.4 is 5.32 Å². The third-order valence-electron chi connectivity index (χ3n) is 3.44. The summed E-state index contributed by atoms with van der Waals surface area (Å²) in [6.07, 6.45) is 1.09. The molecule has 2 N–H and O–H groups in total. The summed E-state index contributed by atoms with van der Waals surface area (Å²) in [4.78, 5) is 12.0. The molecule has 3 nitrogen and oxygen atoms in total. The van der Waals surface area contributed by atoms with Crippen LogP contribution in [0.4, 0.5) is 5.69 Å². The van der Waals surface area contributed by atoms with Gasteiger partial charge in [0.2, 0.25) is 5.91 Å². The minimum atomic E-state index is -0.0879. The van der Waals surface area contributed by atoms with E-state index in [1.807, 2.05) is 42.5 Å². The predicted molar refractivity (Wildman–Crippen MR) is 85.6 cm³/mol. The van der Waals surface area contributed by atoms with Gasteiger partial charge in [-0.1, -0.05) is 50.2 Å². The SMILES string of the molecule is CC(C)c1ccc(O)c(NC(=O)CCc2ccccc2)c1. The summed E-state index contributed by atoms with van der Waals surface area (Å²) >= 11 is 0. The van der Waals surface area contributed by atoms with Crippen LogP contribution in [0.5, 0.6) is 5.75 Å². The third kappa shape index (κ3) is 4.35. The molecule has 2 rings (SSSR count). The van der Waals surface area contributed by atoms with Crippen molar-refractivity contribution in [2.45, 2.75) is 32.6 Å². The summed E-state index contributed by atoms with van der Waals surface area (Å²) < 4.78 is 0. The number of amides is 1. The van der Waals surface area contributed by atoms with E-state index >= 15 is 0 Å². The first-order valence-electron chi connectivity index (χ1n) is 7.23. The molecule has 0 radical (unpaired) electrons. The van der Waals surface area contributed by atoms with Crippen LogP contribution in [-0.4, -0.2) is 11.0 Å². The molecule has 2 aromatic carbocycles. The lowest BCUT2D eigenvalue weighted by Crippen LogP contribution is -2.12. The second-order valence-corrected chi connectivity index (χ2v) is 5.47. The molecule has 0 aliphatic heterocycles. The average Bonchev–Trinajstić information content (AvgIpc) is 2.48. The van der Waals surface area contributed by atoms with Crippen LogP contribution >= 0.6 is 0 Å². The number of nitrogens with one attached hydrogen (secondary N) is 1. The Labute approximate surface area is 125 Å². The molecule has 0 saturated carbocycles. The summed E-state index contributed by atoms with van der Waals surface area (Å²) in [6.45, 7) is 4.15. The van der Waals surface area contributed by atoms with Crippen molar-refractivity contribution in [3.05, 3.63) is 59.7 Å². The molecule has 0 heterocycles. The Hall–Kier alpha value is -2.29. The van der Waals surface area contributed by atoms with Crippen LogP contribution in [0, 0.1) is 0 Å². The maximum atomic E-state index is 12.0. The van der Waals surface area contributed by atoms with Gasteiger partial charge in [0.1, 0.15) is 5.75 Å². The van der Waals surface area contributed by atoms with Crippen molar-refractivity contribution in [3.63, 3.8) is 0 Å². The van der Waals surface area contributed by atoms with Gasteiger partial charge < -0.3 is 10.4 Å². The molecule has 0 fully saturated rings. The van der Waals surface area contributed by atoms with Crippen LogP contribution in [0.1, 0.15) is 37.3 Å². The van der Waals surface area contributed by atoms with E-state index in [1.54, 1.807) is 6.07 Å². The van der Waals surface area contributed by atoms with Crippen LogP contribution in [0.15, 0.2) is 48.5 Å². The van der Waals surface area contributed by atoms with Gasteiger partial charge in [-0.15, -0.1) is 0 Å². The Morgan fingerprint density at radius 3 is 2.52 bits per heavy atom. The van der Waals surface area contributed by atoms with Crippen molar-refractivity contribution in [2.24, 2.45) is 0 Å². The smallest absolute Gasteiger partial charge is 0.224 e. The number of benzene rings is 2. The van der Waals surface area contributed by atoms with Crippen molar-refractivity contribution in [2.75, 3.05) is 5.32 Å². The lowest BCUT2D eigenvalue weighted by molar-refractivity contribution is -0.116. The number of hydrogen-bond acceptors (Lipinski definition) is 2. The molecule has 0 bridgehead atoms. The van der Waals surface area contributed by atoms with Gasteiger partial charge in [-0.05, 0) is 35.6 Å². The monoisotopic (exact) mass is 283 g/mol. The summed E-state index contributed by atoms with van der Waals surface area (Å²) in [5, 5.41) is 12.6. The highest BCUT2D eigenvalue weighted by molar-refractivity contribution is 5.92. The number of phenols is 1. The van der Waals surface area contributed by atoms with Crippen molar-refractivity contribution < 1.29 is 9.90 Å². The molecule has 0 atom stereocenters. The zero-order chi connectivity index (χ0) is 15.2. The van der Waals surface area contributed by atoms with E-state index < -0.39 is 0 Å². The number of phenolic OH excluding ortho intramolecular Hbond substituents is 1. The van der Waals surface area contributed by atoms with E-state index in [4.69, 9.17) is 0 Å². The number of anilines is 1. The topological polar surface area (TPSA) is 49.3 Å². The minimum Gasteiger partial charge on any atom is -0.506 e. The Morgan fingerprint density at radius 1 is 1.14 bits per heavy atom. The Balaban J connectivity index is 1.98. The second-order valence-electron chi connectivity index (χ2n) is 5.47. The molecule has 2 aromatic rings. The number of rotatable bonds is 5. The highest BCUT2D eigenvalue weighted by Gasteiger charge is 2.09. The fourth-order valence-corrected chi connectivity index (χ4v) is 2.13. The van der Waals surface area contributed by atoms with E-state index in [1.165, 1.54) is 0 Å². The van der Waals surface area contributed by atoms with Gasteiger partial charge in [0, 0.05) is 6.42 Å². The number of carbonyl (C=O) groups is 1. The minimum absolute atomic E-state index is 0.0879. The maximum absolute atomic E-state index is 12.0. The molecule has 1 amide bonds. The van der Waals surface area contributed by atoms with Crippen LogP contribution in [0.25, 0.3) is 0 Å². The van der Waals surface area contributed by atoms with Gasteiger partial charge in [-0.2, -0.15) is 0 Å². The van der Waals surface area contributed by atoms with Gasteiger partial charge in [-0.25, -0.2) is 0 Å². The largest absolute Gasteiger partial charge is 0.506 e. The fourth-order valence-electron chi connectivity index (χ4n) is 2.13. The first-order chi connectivity index (χ1) is 10.1. The standard InChI is InChI=1S/C18H21NO2/c1-13(2)15-9-10-17(20)16(12-15)19-18(21)11-8-14-6-4-3-5-7-14/h3-7,9-10,12-13,20H,8,11H2,1-2H3,(H,19,21). The quantitative estimate of drug-likeness (QED) is 0.812. The molecule has 0 aliphatic rings. The molecular weight excluding hydrogens is 262 g/mol. The third-order valence-corrected chi connectivity index (χ3v) is 3.44. The van der Waals surface area contributed by atoms with E-state index in [9.17, 15) is 9.90 Å². The van der Waals surface area contributed by atoms with Crippen LogP contribution in [0.3, 0.4) is 0 Å². The normalized spacial score (nSPS) is 10.6. The highest BCUT2D eigenvalue weighted by atomic mass is 16.3. The van der Waals surface area contributed by atoms with Gasteiger partial charge in [0.05, 0.1) is 5.69 Å². The van der Waals surface area contributed by atoms with Crippen molar-refractivity contribution in [1.29, 1.82) is 0 Å². The van der Waals surface area contributed by atoms with Crippen molar-refractivity contribution in [3.8, 4) is 5.75 Å². The van der Waals surface area contributed by atoms with Gasteiger partial charge in [0.25, 0.3) is 0 Å². The summed E-state index contributed by atoms with van der Waals surface area (Å²) in [7, 11) is 0. The molecule has 0 saturated heterocycles. The summed E-state index contributed by atoms with van der Waals surface area (Å²) in [6, 6.07) is 15.2. The summed E-state index contributed by atoms with van der Waals surface area (Å²) in [5.74, 6) is 0.369. The fraction of sp³-hybridized carbons (Fsp3) is 0.278. The zero-order valence-corrected chi connectivity index (χ0v) is 12.5. The van der Waals surface area contributed by atoms with Crippen molar-refractivity contribution >= 4 is 11.6 Å². The van der Waals surface area contributed by atoms with Gasteiger partial charge in [0.15, 0.2) is 0 Å². The van der Waals surface area contributed by atoms with Gasteiger partial charge in [-0.3, -0.25) is 4.79 Å². The average molecular weight is 283 g/mol. The molecular formula is C18H21NO2. The highest BCUT2D eigenvalue weighted by Crippen LogP contribution is 2.27. The molecule has 21 heavy (non-hydrogen) atoms. The van der Waals surface area contributed by atoms with E-state index in [0.29, 0.717) is 24.4 Å². The number of aromatic hydroxyl groups is 1. The first kappa shape index (κ1) is 15.1. The molecule has 110 valence electrons. The number of aryl methyl sites for hydroxylation is 1. The molecule has 3 heteroatoms. The Kier molecular flexibility index (Phi) is 4.99. The van der Waals surface area contributed by atoms with Crippen LogP contribution in [0.2, 0.25) is 0 Å². The van der Waals surface area contributed by atoms with Crippen LogP contribution in [-0.2, 0) is 11.2 Å². The number of hydrogen-bond donors (Lipinski definition) is 2. The lowest BCUT2D eigenvalue weighted by atomic mass is 10.0. The van der Waals surface area contributed by atoms with E-state index in [-0.39, 0.29) is 11.7 Å². The zero-order valence-electron chi connectivity index (χ0n) is 12.5. The molecule has 0 unspecified atom stereocenters.